The molecule has 1 aliphatic rings. The molecule has 18 heavy (non-hydrogen) atoms. The average Bonchev–Trinajstić information content (AvgIpc) is 2.38. The Hall–Kier alpha value is -1.08. The second kappa shape index (κ2) is 7.38. The third kappa shape index (κ3) is 4.30. The molecule has 4 heteroatoms. The summed E-state index contributed by atoms with van der Waals surface area (Å²) in [5, 5.41) is 12.0. The summed E-state index contributed by atoms with van der Waals surface area (Å²) in [5.41, 5.74) is 0. The first-order valence-corrected chi connectivity index (χ1v) is 7.02. The molecule has 1 fully saturated rings. The SMILES string of the molecule is CCCC(C)NC(=O)C(C)N1CCCC(C#N)C1. The lowest BCUT2D eigenvalue weighted by molar-refractivity contribution is -0.127. The molecule has 4 nitrogen and oxygen atoms in total. The van der Waals surface area contributed by atoms with E-state index in [9.17, 15) is 4.79 Å². The van der Waals surface area contributed by atoms with Crippen LogP contribution >= 0.6 is 0 Å². The van der Waals surface area contributed by atoms with Gasteiger partial charge in [-0.2, -0.15) is 5.26 Å². The molecule has 1 N–H and O–H groups in total. The number of piperidine rings is 1. The predicted octanol–water partition coefficient (Wildman–Crippen LogP) is 1.92. The monoisotopic (exact) mass is 251 g/mol. The van der Waals surface area contributed by atoms with Gasteiger partial charge in [0.1, 0.15) is 0 Å². The van der Waals surface area contributed by atoms with Crippen molar-refractivity contribution < 1.29 is 4.79 Å². The van der Waals surface area contributed by atoms with Gasteiger partial charge in [-0.25, -0.2) is 0 Å². The summed E-state index contributed by atoms with van der Waals surface area (Å²) < 4.78 is 0. The molecule has 3 atom stereocenters. The smallest absolute Gasteiger partial charge is 0.237 e. The topological polar surface area (TPSA) is 56.1 Å². The minimum absolute atomic E-state index is 0.0852. The first-order chi connectivity index (χ1) is 8.58. The van der Waals surface area contributed by atoms with Crippen LogP contribution in [0.15, 0.2) is 0 Å². The number of rotatable bonds is 5. The summed E-state index contributed by atoms with van der Waals surface area (Å²) >= 11 is 0. The van der Waals surface area contributed by atoms with Crippen LogP contribution in [0.2, 0.25) is 0 Å². The van der Waals surface area contributed by atoms with Gasteiger partial charge < -0.3 is 5.32 Å². The Morgan fingerprint density at radius 1 is 1.56 bits per heavy atom. The van der Waals surface area contributed by atoms with Crippen LogP contribution in [0, 0.1) is 17.2 Å². The van der Waals surface area contributed by atoms with E-state index in [-0.39, 0.29) is 23.9 Å². The quantitative estimate of drug-likeness (QED) is 0.812. The van der Waals surface area contributed by atoms with Crippen molar-refractivity contribution in [1.82, 2.24) is 10.2 Å². The van der Waals surface area contributed by atoms with E-state index in [1.165, 1.54) is 0 Å². The normalized spacial score (nSPS) is 24.0. The zero-order valence-electron chi connectivity index (χ0n) is 11.8. The van der Waals surface area contributed by atoms with Crippen molar-refractivity contribution in [2.75, 3.05) is 13.1 Å². The number of nitriles is 1. The Kier molecular flexibility index (Phi) is 6.14. The molecule has 102 valence electrons. The fraction of sp³-hybridized carbons (Fsp3) is 0.857. The van der Waals surface area contributed by atoms with Crippen molar-refractivity contribution in [2.24, 2.45) is 5.92 Å². The Morgan fingerprint density at radius 3 is 2.89 bits per heavy atom. The molecule has 0 aromatic carbocycles. The van der Waals surface area contributed by atoms with Gasteiger partial charge in [0.25, 0.3) is 0 Å². The Balaban J connectivity index is 2.45. The fourth-order valence-electron chi connectivity index (χ4n) is 2.50. The third-order valence-corrected chi connectivity index (χ3v) is 3.67. The number of carbonyl (C=O) groups excluding carboxylic acids is 1. The van der Waals surface area contributed by atoms with Crippen LogP contribution in [0.1, 0.15) is 46.5 Å². The second-order valence-electron chi connectivity index (χ2n) is 5.34. The Labute approximate surface area is 110 Å². The summed E-state index contributed by atoms with van der Waals surface area (Å²) in [7, 11) is 0. The first kappa shape index (κ1) is 15.0. The lowest BCUT2D eigenvalue weighted by atomic mass is 9.98. The zero-order chi connectivity index (χ0) is 13.5. The Bertz CT molecular complexity index is 311. The molecular formula is C14H25N3O. The van der Waals surface area contributed by atoms with Gasteiger partial charge in [0.15, 0.2) is 0 Å². The largest absolute Gasteiger partial charge is 0.352 e. The van der Waals surface area contributed by atoms with Crippen LogP contribution in [0.3, 0.4) is 0 Å². The van der Waals surface area contributed by atoms with Crippen LogP contribution in [0.25, 0.3) is 0 Å². The highest BCUT2D eigenvalue weighted by Crippen LogP contribution is 2.17. The van der Waals surface area contributed by atoms with Crippen LogP contribution in [0.4, 0.5) is 0 Å². The van der Waals surface area contributed by atoms with Crippen molar-refractivity contribution >= 4 is 5.91 Å². The van der Waals surface area contributed by atoms with Gasteiger partial charge in [0.05, 0.1) is 18.0 Å². The summed E-state index contributed by atoms with van der Waals surface area (Å²) in [4.78, 5) is 14.2. The number of nitrogens with one attached hydrogen (secondary N) is 1. The molecule has 1 aliphatic heterocycles. The maximum absolute atomic E-state index is 12.1. The molecule has 1 saturated heterocycles. The highest BCUT2D eigenvalue weighted by atomic mass is 16.2. The van der Waals surface area contributed by atoms with Crippen LogP contribution in [-0.4, -0.2) is 36.0 Å². The maximum atomic E-state index is 12.1. The highest BCUT2D eigenvalue weighted by Gasteiger charge is 2.27. The average molecular weight is 251 g/mol. The van der Waals surface area contributed by atoms with Gasteiger partial charge in [-0.15, -0.1) is 0 Å². The number of likely N-dealkylation sites (tertiary alicyclic amines) is 1. The molecule has 1 amide bonds. The number of hydrogen-bond donors (Lipinski definition) is 1. The van der Waals surface area contributed by atoms with E-state index in [1.54, 1.807) is 0 Å². The van der Waals surface area contributed by atoms with Crippen molar-refractivity contribution in [3.8, 4) is 6.07 Å². The molecule has 0 radical (unpaired) electrons. The van der Waals surface area contributed by atoms with Gasteiger partial charge in [0.2, 0.25) is 5.91 Å². The van der Waals surface area contributed by atoms with Crippen molar-refractivity contribution in [1.29, 1.82) is 5.26 Å². The number of carbonyl (C=O) groups is 1. The summed E-state index contributed by atoms with van der Waals surface area (Å²) in [6.07, 6.45) is 4.07. The molecular weight excluding hydrogens is 226 g/mol. The standard InChI is InChI=1S/C14H25N3O/c1-4-6-11(2)16-14(18)12(3)17-8-5-7-13(9-15)10-17/h11-13H,4-8,10H2,1-3H3,(H,16,18). The highest BCUT2D eigenvalue weighted by molar-refractivity contribution is 5.81. The van der Waals surface area contributed by atoms with E-state index in [4.69, 9.17) is 5.26 Å². The van der Waals surface area contributed by atoms with Gasteiger partial charge in [-0.1, -0.05) is 13.3 Å². The summed E-state index contributed by atoms with van der Waals surface area (Å²) in [6, 6.07) is 2.43. The van der Waals surface area contributed by atoms with Crippen molar-refractivity contribution in [2.45, 2.75) is 58.5 Å². The van der Waals surface area contributed by atoms with E-state index in [0.29, 0.717) is 0 Å². The first-order valence-electron chi connectivity index (χ1n) is 7.02. The van der Waals surface area contributed by atoms with Gasteiger partial charge in [-0.05, 0) is 39.7 Å². The van der Waals surface area contributed by atoms with E-state index >= 15 is 0 Å². The minimum Gasteiger partial charge on any atom is -0.352 e. The van der Waals surface area contributed by atoms with Crippen molar-refractivity contribution in [3.63, 3.8) is 0 Å². The zero-order valence-corrected chi connectivity index (χ0v) is 11.8. The third-order valence-electron chi connectivity index (χ3n) is 3.67. The Morgan fingerprint density at radius 2 is 2.28 bits per heavy atom. The fourth-order valence-corrected chi connectivity index (χ4v) is 2.50. The van der Waals surface area contributed by atoms with E-state index in [0.717, 1.165) is 38.8 Å². The van der Waals surface area contributed by atoms with Gasteiger partial charge in [0, 0.05) is 12.6 Å². The number of hydrogen-bond acceptors (Lipinski definition) is 3. The van der Waals surface area contributed by atoms with E-state index in [1.807, 2.05) is 13.8 Å². The molecule has 1 rings (SSSR count). The second-order valence-corrected chi connectivity index (χ2v) is 5.34. The van der Waals surface area contributed by atoms with Crippen molar-refractivity contribution in [3.05, 3.63) is 0 Å². The maximum Gasteiger partial charge on any atom is 0.237 e. The van der Waals surface area contributed by atoms with Crippen LogP contribution < -0.4 is 5.32 Å². The summed E-state index contributed by atoms with van der Waals surface area (Å²) in [6.45, 7) is 7.76. The van der Waals surface area contributed by atoms with Crippen LogP contribution in [0.5, 0.6) is 0 Å². The molecule has 0 aromatic heterocycles. The predicted molar refractivity (Wildman–Crippen MR) is 71.9 cm³/mol. The van der Waals surface area contributed by atoms with Gasteiger partial charge >= 0.3 is 0 Å². The van der Waals surface area contributed by atoms with Gasteiger partial charge in [-0.3, -0.25) is 9.69 Å². The number of nitrogens with zero attached hydrogens (tertiary/aromatic N) is 2. The molecule has 3 unspecified atom stereocenters. The molecule has 0 aliphatic carbocycles. The molecule has 1 heterocycles. The minimum atomic E-state index is -0.125. The molecule has 0 bridgehead atoms. The number of amides is 1. The molecule has 0 spiro atoms. The van der Waals surface area contributed by atoms with Crippen LogP contribution in [-0.2, 0) is 4.79 Å². The molecule has 0 aromatic rings. The molecule has 0 saturated carbocycles. The lowest BCUT2D eigenvalue weighted by Gasteiger charge is -2.34. The lowest BCUT2D eigenvalue weighted by Crippen LogP contribution is -2.50. The summed E-state index contributed by atoms with van der Waals surface area (Å²) in [5.74, 6) is 0.177. The van der Waals surface area contributed by atoms with E-state index < -0.39 is 0 Å². The van der Waals surface area contributed by atoms with E-state index in [2.05, 4.69) is 23.2 Å².